The summed E-state index contributed by atoms with van der Waals surface area (Å²) in [7, 11) is 0. The van der Waals surface area contributed by atoms with Crippen LogP contribution in [-0.2, 0) is 16.0 Å². The first-order valence-corrected chi connectivity index (χ1v) is 7.85. The molecule has 3 rings (SSSR count). The molecule has 0 aliphatic carbocycles. The highest BCUT2D eigenvalue weighted by atomic mass is 32.2. The summed E-state index contributed by atoms with van der Waals surface area (Å²) < 4.78 is 0. The highest BCUT2D eigenvalue weighted by molar-refractivity contribution is 8.00. The fraction of sp³-hybridized carbons (Fsp3) is 0.467. The standard InChI is InChI=1S/C15H18N2O2S/c1-2-16-9-15(19)17(10-14(16)18)8-12-7-11-5-3-4-6-13(11)20-12/h3-6,12H,2,7-10H2,1H3. The summed E-state index contributed by atoms with van der Waals surface area (Å²) in [5.74, 6) is 0.135. The molecule has 5 heteroatoms. The summed E-state index contributed by atoms with van der Waals surface area (Å²) in [6.07, 6.45) is 0.982. The van der Waals surface area contributed by atoms with Gasteiger partial charge >= 0.3 is 0 Å². The van der Waals surface area contributed by atoms with Crippen LogP contribution in [0.25, 0.3) is 0 Å². The molecular weight excluding hydrogens is 272 g/mol. The van der Waals surface area contributed by atoms with Gasteiger partial charge in [0.05, 0.1) is 13.1 Å². The van der Waals surface area contributed by atoms with E-state index in [1.807, 2.05) is 24.8 Å². The van der Waals surface area contributed by atoms with Crippen LogP contribution in [0, 0.1) is 0 Å². The molecule has 1 aromatic rings. The number of thioether (sulfide) groups is 1. The molecule has 1 unspecified atom stereocenters. The van der Waals surface area contributed by atoms with Crippen LogP contribution in [0.15, 0.2) is 29.2 Å². The lowest BCUT2D eigenvalue weighted by molar-refractivity contribution is -0.149. The molecule has 1 saturated heterocycles. The third-order valence-corrected chi connectivity index (χ3v) is 5.18. The largest absolute Gasteiger partial charge is 0.332 e. The number of nitrogens with zero attached hydrogens (tertiary/aromatic N) is 2. The van der Waals surface area contributed by atoms with Gasteiger partial charge in [0.25, 0.3) is 0 Å². The number of likely N-dealkylation sites (N-methyl/N-ethyl adjacent to an activating group) is 1. The normalized spacial score (nSPS) is 22.4. The minimum Gasteiger partial charge on any atom is -0.332 e. The van der Waals surface area contributed by atoms with Crippen molar-refractivity contribution in [1.82, 2.24) is 9.80 Å². The third-order valence-electron chi connectivity index (χ3n) is 3.88. The van der Waals surface area contributed by atoms with Crippen molar-refractivity contribution < 1.29 is 9.59 Å². The van der Waals surface area contributed by atoms with Crippen molar-refractivity contribution in [3.63, 3.8) is 0 Å². The maximum Gasteiger partial charge on any atom is 0.242 e. The molecule has 4 nitrogen and oxygen atoms in total. The van der Waals surface area contributed by atoms with E-state index in [9.17, 15) is 9.59 Å². The smallest absolute Gasteiger partial charge is 0.242 e. The first kappa shape index (κ1) is 13.5. The first-order valence-electron chi connectivity index (χ1n) is 6.97. The van der Waals surface area contributed by atoms with Crippen LogP contribution in [-0.4, -0.2) is 53.0 Å². The van der Waals surface area contributed by atoms with Crippen molar-refractivity contribution in [3.8, 4) is 0 Å². The van der Waals surface area contributed by atoms with Crippen LogP contribution in [0.3, 0.4) is 0 Å². The molecule has 1 aromatic carbocycles. The van der Waals surface area contributed by atoms with Crippen molar-refractivity contribution >= 4 is 23.6 Å². The fourth-order valence-corrected chi connectivity index (χ4v) is 4.10. The van der Waals surface area contributed by atoms with Crippen LogP contribution in [0.1, 0.15) is 12.5 Å². The molecule has 2 amide bonds. The Hall–Kier alpha value is -1.49. The van der Waals surface area contributed by atoms with Crippen LogP contribution < -0.4 is 0 Å². The van der Waals surface area contributed by atoms with Crippen LogP contribution >= 0.6 is 11.8 Å². The summed E-state index contributed by atoms with van der Waals surface area (Å²) in [5, 5.41) is 0.373. The van der Waals surface area contributed by atoms with E-state index < -0.39 is 0 Å². The molecule has 0 radical (unpaired) electrons. The van der Waals surface area contributed by atoms with Crippen molar-refractivity contribution in [2.24, 2.45) is 0 Å². The van der Waals surface area contributed by atoms with Crippen LogP contribution in [0.4, 0.5) is 0 Å². The van der Waals surface area contributed by atoms with Gasteiger partial charge in [-0.25, -0.2) is 0 Å². The summed E-state index contributed by atoms with van der Waals surface area (Å²) in [4.78, 5) is 28.6. The Balaban J connectivity index is 1.63. The lowest BCUT2D eigenvalue weighted by Crippen LogP contribution is -2.54. The number of carbonyl (C=O) groups excluding carboxylic acids is 2. The van der Waals surface area contributed by atoms with Gasteiger partial charge in [0.2, 0.25) is 11.8 Å². The van der Waals surface area contributed by atoms with Crippen LogP contribution in [0.5, 0.6) is 0 Å². The van der Waals surface area contributed by atoms with Crippen molar-refractivity contribution in [1.29, 1.82) is 0 Å². The van der Waals surface area contributed by atoms with E-state index in [4.69, 9.17) is 0 Å². The topological polar surface area (TPSA) is 40.6 Å². The lowest BCUT2D eigenvalue weighted by Gasteiger charge is -2.34. The zero-order valence-corrected chi connectivity index (χ0v) is 12.4. The Morgan fingerprint density at radius 2 is 1.85 bits per heavy atom. The highest BCUT2D eigenvalue weighted by Crippen LogP contribution is 2.37. The summed E-state index contributed by atoms with van der Waals surface area (Å²) in [6.45, 7) is 3.66. The minimum absolute atomic E-state index is 0.0626. The maximum absolute atomic E-state index is 12.1. The van der Waals surface area contributed by atoms with E-state index >= 15 is 0 Å². The Bertz CT molecular complexity index is 521. The fourth-order valence-electron chi connectivity index (χ4n) is 2.76. The van der Waals surface area contributed by atoms with Crippen molar-refractivity contribution in [3.05, 3.63) is 29.8 Å². The molecule has 0 saturated carbocycles. The van der Waals surface area contributed by atoms with E-state index in [0.29, 0.717) is 18.3 Å². The quantitative estimate of drug-likeness (QED) is 0.845. The van der Waals surface area contributed by atoms with E-state index in [-0.39, 0.29) is 24.9 Å². The molecule has 1 atom stereocenters. The van der Waals surface area contributed by atoms with Gasteiger partial charge in [0.15, 0.2) is 0 Å². The summed E-state index contributed by atoms with van der Waals surface area (Å²) >= 11 is 1.82. The van der Waals surface area contributed by atoms with Gasteiger partial charge < -0.3 is 9.80 Å². The van der Waals surface area contributed by atoms with E-state index in [0.717, 1.165) is 6.42 Å². The van der Waals surface area contributed by atoms with Gasteiger partial charge in [-0.05, 0) is 25.0 Å². The Labute approximate surface area is 123 Å². The predicted octanol–water partition coefficient (Wildman–Crippen LogP) is 1.39. The molecule has 20 heavy (non-hydrogen) atoms. The molecule has 0 spiro atoms. The monoisotopic (exact) mass is 290 g/mol. The van der Waals surface area contributed by atoms with Gasteiger partial charge in [-0.1, -0.05) is 18.2 Å². The Morgan fingerprint density at radius 1 is 1.15 bits per heavy atom. The number of hydrogen-bond donors (Lipinski definition) is 0. The van der Waals surface area contributed by atoms with Gasteiger partial charge in [-0.3, -0.25) is 9.59 Å². The van der Waals surface area contributed by atoms with Crippen molar-refractivity contribution in [2.75, 3.05) is 26.2 Å². The molecule has 106 valence electrons. The molecule has 0 bridgehead atoms. The number of fused-ring (bicyclic) bond motifs is 1. The average molecular weight is 290 g/mol. The predicted molar refractivity (Wildman–Crippen MR) is 78.6 cm³/mol. The van der Waals surface area contributed by atoms with Crippen LogP contribution in [0.2, 0.25) is 0 Å². The van der Waals surface area contributed by atoms with Crippen molar-refractivity contribution in [2.45, 2.75) is 23.5 Å². The average Bonchev–Trinajstić information content (AvgIpc) is 2.84. The number of amides is 2. The molecule has 2 aliphatic rings. The Kier molecular flexibility index (Phi) is 3.70. The number of hydrogen-bond acceptors (Lipinski definition) is 3. The van der Waals surface area contributed by atoms with Gasteiger partial charge in [-0.15, -0.1) is 11.8 Å². The van der Waals surface area contributed by atoms with Gasteiger partial charge in [0, 0.05) is 23.2 Å². The first-order chi connectivity index (χ1) is 9.67. The molecule has 1 fully saturated rings. The van der Waals surface area contributed by atoms with E-state index in [2.05, 4.69) is 18.2 Å². The lowest BCUT2D eigenvalue weighted by atomic mass is 10.1. The second kappa shape index (κ2) is 5.48. The number of piperazine rings is 1. The van der Waals surface area contributed by atoms with Gasteiger partial charge in [-0.2, -0.15) is 0 Å². The summed E-state index contributed by atoms with van der Waals surface area (Å²) in [6, 6.07) is 8.37. The SMILES string of the molecule is CCN1CC(=O)N(CC2Cc3ccccc3S2)CC1=O. The summed E-state index contributed by atoms with van der Waals surface area (Å²) in [5.41, 5.74) is 1.36. The zero-order chi connectivity index (χ0) is 14.1. The second-order valence-corrected chi connectivity index (χ2v) is 6.58. The van der Waals surface area contributed by atoms with E-state index in [1.165, 1.54) is 10.5 Å². The second-order valence-electron chi connectivity index (χ2n) is 5.23. The third kappa shape index (κ3) is 2.54. The molecule has 2 heterocycles. The number of benzene rings is 1. The van der Waals surface area contributed by atoms with Gasteiger partial charge in [0.1, 0.15) is 0 Å². The maximum atomic E-state index is 12.1. The zero-order valence-electron chi connectivity index (χ0n) is 11.5. The molecule has 0 aromatic heterocycles. The molecular formula is C15H18N2O2S. The molecule has 0 N–H and O–H groups in total. The highest BCUT2D eigenvalue weighted by Gasteiger charge is 2.32. The molecule has 2 aliphatic heterocycles. The number of rotatable bonds is 3. The Morgan fingerprint density at radius 3 is 2.60 bits per heavy atom. The number of carbonyl (C=O) groups is 2. The minimum atomic E-state index is 0.0626. The van der Waals surface area contributed by atoms with E-state index in [1.54, 1.807) is 9.80 Å².